The maximum absolute atomic E-state index is 5.83. The number of anilines is 1. The molecule has 18 heavy (non-hydrogen) atoms. The lowest BCUT2D eigenvalue weighted by Crippen LogP contribution is -2.14. The van der Waals surface area contributed by atoms with Gasteiger partial charge in [0.25, 0.3) is 0 Å². The molecule has 4 rings (SSSR count). The van der Waals surface area contributed by atoms with Gasteiger partial charge < -0.3 is 10.3 Å². The fourth-order valence-electron chi connectivity index (χ4n) is 3.33. The van der Waals surface area contributed by atoms with Crippen LogP contribution < -0.4 is 5.73 Å². The number of nitrogen functional groups attached to an aromatic ring is 1. The average molecular weight is 241 g/mol. The third kappa shape index (κ3) is 1.46. The monoisotopic (exact) mass is 241 g/mol. The first-order valence-electron chi connectivity index (χ1n) is 6.90. The second kappa shape index (κ2) is 3.28. The molecule has 3 heteroatoms. The van der Waals surface area contributed by atoms with E-state index in [2.05, 4.69) is 22.5 Å². The molecular formula is C15H19N3. The Bertz CT molecular complexity index is 618. The number of rotatable bonds is 3. The van der Waals surface area contributed by atoms with Crippen LogP contribution in [0, 0.1) is 18.3 Å². The molecule has 0 unspecified atom stereocenters. The predicted octanol–water partition coefficient (Wildman–Crippen LogP) is 3.12. The topological polar surface area (TPSA) is 43.8 Å². The number of nitrogens with two attached hydrogens (primary N) is 1. The van der Waals surface area contributed by atoms with Crippen molar-refractivity contribution in [1.29, 1.82) is 0 Å². The van der Waals surface area contributed by atoms with Crippen LogP contribution in [0.3, 0.4) is 0 Å². The van der Waals surface area contributed by atoms with E-state index in [0.717, 1.165) is 29.5 Å². The van der Waals surface area contributed by atoms with E-state index in [0.29, 0.717) is 5.41 Å². The summed E-state index contributed by atoms with van der Waals surface area (Å²) in [7, 11) is 0. The molecule has 1 heterocycles. The quantitative estimate of drug-likeness (QED) is 0.839. The van der Waals surface area contributed by atoms with Gasteiger partial charge in [-0.1, -0.05) is 0 Å². The molecule has 0 amide bonds. The van der Waals surface area contributed by atoms with E-state index in [4.69, 9.17) is 5.73 Å². The Balaban J connectivity index is 1.77. The van der Waals surface area contributed by atoms with Gasteiger partial charge in [-0.2, -0.15) is 0 Å². The molecule has 0 aliphatic heterocycles. The fraction of sp³-hybridized carbons (Fsp3) is 0.533. The third-order valence-corrected chi connectivity index (χ3v) is 4.77. The van der Waals surface area contributed by atoms with E-state index in [-0.39, 0.29) is 0 Å². The van der Waals surface area contributed by atoms with Crippen molar-refractivity contribution in [3.05, 3.63) is 24.0 Å². The molecule has 2 saturated carbocycles. The lowest BCUT2D eigenvalue weighted by molar-refractivity contribution is 0.371. The minimum Gasteiger partial charge on any atom is -0.399 e. The van der Waals surface area contributed by atoms with Crippen molar-refractivity contribution < 1.29 is 0 Å². The molecule has 0 saturated heterocycles. The molecule has 94 valence electrons. The lowest BCUT2D eigenvalue weighted by Gasteiger charge is -2.16. The van der Waals surface area contributed by atoms with Crippen molar-refractivity contribution in [3.63, 3.8) is 0 Å². The zero-order chi connectivity index (χ0) is 12.3. The molecule has 1 aromatic heterocycles. The molecule has 2 N–H and O–H groups in total. The van der Waals surface area contributed by atoms with E-state index in [1.807, 2.05) is 12.1 Å². The summed E-state index contributed by atoms with van der Waals surface area (Å²) in [5.41, 5.74) is 9.53. The van der Waals surface area contributed by atoms with E-state index >= 15 is 0 Å². The lowest BCUT2D eigenvalue weighted by atomic mass is 10.0. The Kier molecular flexibility index (Phi) is 1.90. The minimum atomic E-state index is 0.611. The largest absolute Gasteiger partial charge is 0.399 e. The zero-order valence-corrected chi connectivity index (χ0v) is 10.8. The second-order valence-corrected chi connectivity index (χ2v) is 6.13. The summed E-state index contributed by atoms with van der Waals surface area (Å²) in [5.74, 6) is 2.12. The van der Waals surface area contributed by atoms with Crippen LogP contribution in [-0.4, -0.2) is 9.55 Å². The SMILES string of the molecule is Cc1nc2cc(N)ccc2n1CC1(C2CC2)CC1. The number of benzene rings is 1. The minimum absolute atomic E-state index is 0.611. The highest BCUT2D eigenvalue weighted by molar-refractivity contribution is 5.79. The first-order valence-corrected chi connectivity index (χ1v) is 6.90. The van der Waals surface area contributed by atoms with Crippen molar-refractivity contribution in [2.24, 2.45) is 11.3 Å². The molecule has 2 aliphatic carbocycles. The summed E-state index contributed by atoms with van der Waals surface area (Å²) in [5, 5.41) is 0. The van der Waals surface area contributed by atoms with E-state index in [1.165, 1.54) is 31.2 Å². The van der Waals surface area contributed by atoms with Crippen molar-refractivity contribution in [2.75, 3.05) is 5.73 Å². The highest BCUT2D eigenvalue weighted by Gasteiger charge is 2.53. The predicted molar refractivity (Wildman–Crippen MR) is 73.3 cm³/mol. The van der Waals surface area contributed by atoms with Gasteiger partial charge in [0.05, 0.1) is 11.0 Å². The van der Waals surface area contributed by atoms with Gasteiger partial charge >= 0.3 is 0 Å². The first-order chi connectivity index (χ1) is 8.68. The maximum atomic E-state index is 5.83. The number of aryl methyl sites for hydroxylation is 1. The Morgan fingerprint density at radius 3 is 2.83 bits per heavy atom. The molecule has 2 aliphatic rings. The Labute approximate surface area is 107 Å². The van der Waals surface area contributed by atoms with Crippen molar-refractivity contribution in [3.8, 4) is 0 Å². The maximum Gasteiger partial charge on any atom is 0.106 e. The number of aromatic nitrogens is 2. The van der Waals surface area contributed by atoms with Gasteiger partial charge in [0, 0.05) is 12.2 Å². The summed E-state index contributed by atoms with van der Waals surface area (Å²) in [4.78, 5) is 4.65. The van der Waals surface area contributed by atoms with Crippen LogP contribution in [-0.2, 0) is 6.54 Å². The first kappa shape index (κ1) is 10.4. The van der Waals surface area contributed by atoms with Crippen LogP contribution in [0.5, 0.6) is 0 Å². The summed E-state index contributed by atoms with van der Waals surface area (Å²) in [6, 6.07) is 6.08. The summed E-state index contributed by atoms with van der Waals surface area (Å²) in [6.07, 6.45) is 5.70. The van der Waals surface area contributed by atoms with Crippen LogP contribution in [0.2, 0.25) is 0 Å². The van der Waals surface area contributed by atoms with Gasteiger partial charge in [-0.25, -0.2) is 4.98 Å². The zero-order valence-electron chi connectivity index (χ0n) is 10.8. The highest BCUT2D eigenvalue weighted by Crippen LogP contribution is 2.62. The molecule has 0 atom stereocenters. The summed E-state index contributed by atoms with van der Waals surface area (Å²) >= 11 is 0. The number of nitrogens with zero attached hydrogens (tertiary/aromatic N) is 2. The average Bonchev–Trinajstić information content (AvgIpc) is 3.20. The van der Waals surface area contributed by atoms with Gasteiger partial charge in [-0.15, -0.1) is 0 Å². The fourth-order valence-corrected chi connectivity index (χ4v) is 3.33. The molecule has 0 bridgehead atoms. The van der Waals surface area contributed by atoms with Gasteiger partial charge in [0.1, 0.15) is 5.82 Å². The number of imidazole rings is 1. The molecule has 0 spiro atoms. The highest BCUT2D eigenvalue weighted by atomic mass is 15.1. The number of hydrogen-bond donors (Lipinski definition) is 1. The molecule has 2 fully saturated rings. The molecule has 1 aromatic carbocycles. The third-order valence-electron chi connectivity index (χ3n) is 4.77. The Morgan fingerprint density at radius 2 is 2.17 bits per heavy atom. The molecule has 2 aromatic rings. The normalized spacial score (nSPS) is 21.4. The van der Waals surface area contributed by atoms with Crippen molar-refractivity contribution in [1.82, 2.24) is 9.55 Å². The van der Waals surface area contributed by atoms with E-state index in [9.17, 15) is 0 Å². The standard InChI is InChI=1S/C15H19N3/c1-10-17-13-8-12(16)4-5-14(13)18(10)9-15(6-7-15)11-2-3-11/h4-5,8,11H,2-3,6-7,9,16H2,1H3. The van der Waals surface area contributed by atoms with Gasteiger partial charge in [-0.3, -0.25) is 0 Å². The van der Waals surface area contributed by atoms with Gasteiger partial charge in [-0.05, 0) is 62.1 Å². The molecule has 3 nitrogen and oxygen atoms in total. The molecule has 0 radical (unpaired) electrons. The van der Waals surface area contributed by atoms with E-state index in [1.54, 1.807) is 0 Å². The van der Waals surface area contributed by atoms with E-state index < -0.39 is 0 Å². The summed E-state index contributed by atoms with van der Waals surface area (Å²) in [6.45, 7) is 3.27. The van der Waals surface area contributed by atoms with Crippen molar-refractivity contribution in [2.45, 2.75) is 39.2 Å². The van der Waals surface area contributed by atoms with Gasteiger partial charge in [0.15, 0.2) is 0 Å². The van der Waals surface area contributed by atoms with Crippen LogP contribution >= 0.6 is 0 Å². The van der Waals surface area contributed by atoms with Crippen LogP contribution in [0.1, 0.15) is 31.5 Å². The Morgan fingerprint density at radius 1 is 1.39 bits per heavy atom. The van der Waals surface area contributed by atoms with Crippen LogP contribution in [0.15, 0.2) is 18.2 Å². The van der Waals surface area contributed by atoms with Crippen LogP contribution in [0.25, 0.3) is 11.0 Å². The number of hydrogen-bond acceptors (Lipinski definition) is 2. The molecular weight excluding hydrogens is 222 g/mol. The van der Waals surface area contributed by atoms with Gasteiger partial charge in [0.2, 0.25) is 0 Å². The second-order valence-electron chi connectivity index (χ2n) is 6.13. The smallest absolute Gasteiger partial charge is 0.106 e. The Hall–Kier alpha value is -1.51. The number of fused-ring (bicyclic) bond motifs is 1. The van der Waals surface area contributed by atoms with Crippen molar-refractivity contribution >= 4 is 16.7 Å². The van der Waals surface area contributed by atoms with Crippen LogP contribution in [0.4, 0.5) is 5.69 Å². The summed E-state index contributed by atoms with van der Waals surface area (Å²) < 4.78 is 2.40.